The molecule has 0 spiro atoms. The minimum Gasteiger partial charge on any atom is -0.223 e. The maximum atomic E-state index is 11.7. The summed E-state index contributed by atoms with van der Waals surface area (Å²) in [6.07, 6.45) is 3.39. The fraction of sp³-hybridized carbons (Fsp3) is 0.273. The van der Waals surface area contributed by atoms with Crippen LogP contribution in [-0.2, 0) is 9.84 Å². The highest BCUT2D eigenvalue weighted by Crippen LogP contribution is 2.12. The van der Waals surface area contributed by atoms with Crippen molar-refractivity contribution >= 4 is 9.84 Å². The molecule has 1 aromatic carbocycles. The number of hydrogen-bond acceptors (Lipinski definition) is 2. The minimum absolute atomic E-state index is 0.0760. The van der Waals surface area contributed by atoms with E-state index in [0.29, 0.717) is 4.90 Å². The number of sulfone groups is 1. The standard InChI is InChI=1S/C11H14O2S/c1-3-4-9-14(12,13)11-7-5-10(2)6-8-11/h3-8H,9H2,1-2H3/b4-3+. The van der Waals surface area contributed by atoms with Gasteiger partial charge in [0.2, 0.25) is 0 Å². The fourth-order valence-corrected chi connectivity index (χ4v) is 2.25. The summed E-state index contributed by atoms with van der Waals surface area (Å²) in [5.41, 5.74) is 1.06. The van der Waals surface area contributed by atoms with Crippen molar-refractivity contribution in [1.29, 1.82) is 0 Å². The minimum atomic E-state index is -3.13. The van der Waals surface area contributed by atoms with Crippen molar-refractivity contribution in [2.45, 2.75) is 18.7 Å². The SMILES string of the molecule is C/C=C/CS(=O)(=O)c1ccc(C)cc1. The van der Waals surface area contributed by atoms with Gasteiger partial charge in [0.05, 0.1) is 10.6 Å². The molecule has 0 fully saturated rings. The molecule has 76 valence electrons. The van der Waals surface area contributed by atoms with Crippen LogP contribution in [0.15, 0.2) is 41.3 Å². The zero-order valence-corrected chi connectivity index (χ0v) is 9.21. The first-order valence-electron chi connectivity index (χ1n) is 4.47. The van der Waals surface area contributed by atoms with Crippen LogP contribution in [-0.4, -0.2) is 14.2 Å². The lowest BCUT2D eigenvalue weighted by atomic mass is 10.2. The van der Waals surface area contributed by atoms with E-state index in [1.165, 1.54) is 0 Å². The van der Waals surface area contributed by atoms with Crippen LogP contribution in [0.1, 0.15) is 12.5 Å². The van der Waals surface area contributed by atoms with Crippen molar-refractivity contribution in [2.75, 3.05) is 5.75 Å². The van der Waals surface area contributed by atoms with Crippen molar-refractivity contribution in [2.24, 2.45) is 0 Å². The van der Waals surface area contributed by atoms with Crippen molar-refractivity contribution in [3.8, 4) is 0 Å². The lowest BCUT2D eigenvalue weighted by Crippen LogP contribution is -2.04. The van der Waals surface area contributed by atoms with Gasteiger partial charge in [-0.2, -0.15) is 0 Å². The Kier molecular flexibility index (Phi) is 3.47. The highest BCUT2D eigenvalue weighted by molar-refractivity contribution is 7.91. The van der Waals surface area contributed by atoms with Crippen LogP contribution >= 0.6 is 0 Å². The zero-order valence-electron chi connectivity index (χ0n) is 8.40. The molecule has 0 N–H and O–H groups in total. The van der Waals surface area contributed by atoms with Gasteiger partial charge in [-0.1, -0.05) is 29.8 Å². The number of hydrogen-bond donors (Lipinski definition) is 0. The Morgan fingerprint density at radius 3 is 2.29 bits per heavy atom. The maximum absolute atomic E-state index is 11.7. The second-order valence-electron chi connectivity index (χ2n) is 3.16. The Morgan fingerprint density at radius 1 is 1.21 bits per heavy atom. The van der Waals surface area contributed by atoms with E-state index >= 15 is 0 Å². The van der Waals surface area contributed by atoms with E-state index in [4.69, 9.17) is 0 Å². The van der Waals surface area contributed by atoms with Crippen molar-refractivity contribution in [3.05, 3.63) is 42.0 Å². The second-order valence-corrected chi connectivity index (χ2v) is 5.20. The van der Waals surface area contributed by atoms with Crippen molar-refractivity contribution in [3.63, 3.8) is 0 Å². The molecule has 0 aromatic heterocycles. The molecule has 0 amide bonds. The van der Waals surface area contributed by atoms with Gasteiger partial charge in [0.15, 0.2) is 9.84 Å². The highest BCUT2D eigenvalue weighted by Gasteiger charge is 2.10. The average Bonchev–Trinajstić information content (AvgIpc) is 2.16. The van der Waals surface area contributed by atoms with E-state index in [1.807, 2.05) is 26.0 Å². The van der Waals surface area contributed by atoms with Crippen LogP contribution in [0.4, 0.5) is 0 Å². The maximum Gasteiger partial charge on any atom is 0.181 e. The first-order chi connectivity index (χ1) is 6.56. The van der Waals surface area contributed by atoms with E-state index in [2.05, 4.69) is 0 Å². The quantitative estimate of drug-likeness (QED) is 0.718. The molecule has 0 saturated heterocycles. The predicted molar refractivity (Wildman–Crippen MR) is 58.0 cm³/mol. The summed E-state index contributed by atoms with van der Waals surface area (Å²) in [7, 11) is -3.13. The molecule has 14 heavy (non-hydrogen) atoms. The molecular weight excluding hydrogens is 196 g/mol. The summed E-state index contributed by atoms with van der Waals surface area (Å²) in [6, 6.07) is 6.91. The molecule has 0 saturated carbocycles. The Balaban J connectivity index is 2.99. The van der Waals surface area contributed by atoms with Gasteiger partial charge >= 0.3 is 0 Å². The lowest BCUT2D eigenvalue weighted by Gasteiger charge is -2.01. The van der Waals surface area contributed by atoms with Gasteiger partial charge in [-0.15, -0.1) is 0 Å². The van der Waals surface area contributed by atoms with Gasteiger partial charge < -0.3 is 0 Å². The van der Waals surface area contributed by atoms with Gasteiger partial charge in [0.25, 0.3) is 0 Å². The van der Waals surface area contributed by atoms with E-state index < -0.39 is 9.84 Å². The van der Waals surface area contributed by atoms with Crippen molar-refractivity contribution < 1.29 is 8.42 Å². The normalized spacial score (nSPS) is 12.1. The Morgan fingerprint density at radius 2 is 1.79 bits per heavy atom. The molecule has 2 nitrogen and oxygen atoms in total. The third-order valence-corrected chi connectivity index (χ3v) is 3.55. The smallest absolute Gasteiger partial charge is 0.181 e. The lowest BCUT2D eigenvalue weighted by molar-refractivity contribution is 0.599. The van der Waals surface area contributed by atoms with Crippen LogP contribution in [0.3, 0.4) is 0 Å². The van der Waals surface area contributed by atoms with Gasteiger partial charge in [-0.05, 0) is 26.0 Å². The number of allylic oxidation sites excluding steroid dienone is 1. The van der Waals surface area contributed by atoms with Crippen LogP contribution in [0.2, 0.25) is 0 Å². The summed E-state index contributed by atoms with van der Waals surface area (Å²) < 4.78 is 23.3. The van der Waals surface area contributed by atoms with Gasteiger partial charge in [0, 0.05) is 0 Å². The van der Waals surface area contributed by atoms with E-state index in [9.17, 15) is 8.42 Å². The molecule has 0 atom stereocenters. The predicted octanol–water partition coefficient (Wildman–Crippen LogP) is 2.34. The molecule has 1 aromatic rings. The third kappa shape index (κ3) is 2.70. The van der Waals surface area contributed by atoms with Crippen LogP contribution in [0, 0.1) is 6.92 Å². The zero-order chi connectivity index (χ0) is 10.6. The molecule has 3 heteroatoms. The summed E-state index contributed by atoms with van der Waals surface area (Å²) in [6.45, 7) is 3.74. The van der Waals surface area contributed by atoms with E-state index in [-0.39, 0.29) is 5.75 Å². The first-order valence-corrected chi connectivity index (χ1v) is 6.12. The van der Waals surface area contributed by atoms with Crippen LogP contribution < -0.4 is 0 Å². The summed E-state index contributed by atoms with van der Waals surface area (Å²) >= 11 is 0. The molecule has 0 aliphatic heterocycles. The monoisotopic (exact) mass is 210 g/mol. The van der Waals surface area contributed by atoms with Gasteiger partial charge in [0.1, 0.15) is 0 Å². The van der Waals surface area contributed by atoms with Crippen LogP contribution in [0.5, 0.6) is 0 Å². The molecule has 0 heterocycles. The fourth-order valence-electron chi connectivity index (χ4n) is 1.06. The molecule has 1 rings (SSSR count). The number of benzene rings is 1. The van der Waals surface area contributed by atoms with Crippen molar-refractivity contribution in [1.82, 2.24) is 0 Å². The molecule has 0 radical (unpaired) electrons. The number of rotatable bonds is 3. The second kappa shape index (κ2) is 4.42. The van der Waals surface area contributed by atoms with Gasteiger partial charge in [-0.25, -0.2) is 8.42 Å². The molecule has 0 unspecified atom stereocenters. The van der Waals surface area contributed by atoms with Crippen LogP contribution in [0.25, 0.3) is 0 Å². The first kappa shape index (κ1) is 11.0. The Labute approximate surface area is 85.2 Å². The highest BCUT2D eigenvalue weighted by atomic mass is 32.2. The Hall–Kier alpha value is -1.09. The molecule has 0 aliphatic rings. The topological polar surface area (TPSA) is 34.1 Å². The average molecular weight is 210 g/mol. The van der Waals surface area contributed by atoms with E-state index in [1.54, 1.807) is 24.3 Å². The molecular formula is C11H14O2S. The Bertz CT molecular complexity index is 413. The largest absolute Gasteiger partial charge is 0.223 e. The molecule has 0 aliphatic carbocycles. The summed E-state index contributed by atoms with van der Waals surface area (Å²) in [4.78, 5) is 0.390. The van der Waals surface area contributed by atoms with Gasteiger partial charge in [-0.3, -0.25) is 0 Å². The summed E-state index contributed by atoms with van der Waals surface area (Å²) in [5, 5.41) is 0. The van der Waals surface area contributed by atoms with E-state index in [0.717, 1.165) is 5.56 Å². The molecule has 0 bridgehead atoms. The third-order valence-electron chi connectivity index (χ3n) is 1.93. The number of aryl methyl sites for hydroxylation is 1. The summed E-state index contributed by atoms with van der Waals surface area (Å²) in [5.74, 6) is 0.0760.